The smallest absolute Gasteiger partial charge is 0.264 e. The van der Waals surface area contributed by atoms with Gasteiger partial charge in [-0.1, -0.05) is 94.3 Å². The molecule has 0 spiro atoms. The lowest BCUT2D eigenvalue weighted by atomic mass is 10.0. The number of hydrogen-bond donors (Lipinski definition) is 1. The molecule has 0 saturated carbocycles. The minimum atomic E-state index is -4.11. The molecule has 4 aromatic carbocycles. The van der Waals surface area contributed by atoms with Gasteiger partial charge in [0.2, 0.25) is 11.8 Å². The van der Waals surface area contributed by atoms with E-state index in [1.54, 1.807) is 42.5 Å². The number of anilines is 1. The van der Waals surface area contributed by atoms with Crippen LogP contribution in [0.1, 0.15) is 16.7 Å². The summed E-state index contributed by atoms with van der Waals surface area (Å²) in [4.78, 5) is 29.0. The minimum absolute atomic E-state index is 0.0629. The van der Waals surface area contributed by atoms with Gasteiger partial charge in [-0.15, -0.1) is 0 Å². The Kier molecular flexibility index (Phi) is 9.96. The lowest BCUT2D eigenvalue weighted by molar-refractivity contribution is -0.139. The molecule has 0 aliphatic rings. The number of rotatable bonds is 11. The van der Waals surface area contributed by atoms with Crippen LogP contribution in [-0.2, 0) is 32.6 Å². The molecule has 41 heavy (non-hydrogen) atoms. The number of aryl methyl sites for hydroxylation is 1. The average Bonchev–Trinajstić information content (AvgIpc) is 2.99. The van der Waals surface area contributed by atoms with Crippen LogP contribution >= 0.6 is 15.9 Å². The number of nitrogens with zero attached hydrogens (tertiary/aromatic N) is 2. The van der Waals surface area contributed by atoms with Gasteiger partial charge in [-0.25, -0.2) is 8.42 Å². The summed E-state index contributed by atoms with van der Waals surface area (Å²) in [5, 5.41) is 2.69. The lowest BCUT2D eigenvalue weighted by Crippen LogP contribution is -2.53. The monoisotopic (exact) mass is 633 g/mol. The zero-order chi connectivity index (χ0) is 29.4. The first-order valence-corrected chi connectivity index (χ1v) is 15.4. The van der Waals surface area contributed by atoms with Crippen molar-refractivity contribution < 1.29 is 18.0 Å². The number of amides is 2. The Hall–Kier alpha value is -3.95. The van der Waals surface area contributed by atoms with Crippen LogP contribution in [-0.4, -0.2) is 44.8 Å². The molecule has 0 heterocycles. The highest BCUT2D eigenvalue weighted by molar-refractivity contribution is 9.10. The quantitative estimate of drug-likeness (QED) is 0.242. The van der Waals surface area contributed by atoms with Crippen LogP contribution in [0.2, 0.25) is 0 Å². The Morgan fingerprint density at radius 3 is 1.98 bits per heavy atom. The molecule has 7 nitrogen and oxygen atoms in total. The van der Waals surface area contributed by atoms with E-state index < -0.39 is 28.5 Å². The standard InChI is InChI=1S/C32H32BrN3O4S/c1-24-13-15-26(16-14-24)22-35(30(32(38)34-2)21-25-9-5-3-6-10-25)31(37)23-36(28-19-17-27(33)18-20-28)41(39,40)29-11-7-4-8-12-29/h3-20,30H,21-23H2,1-2H3,(H,34,38). The molecule has 0 bridgehead atoms. The third kappa shape index (κ3) is 7.62. The third-order valence-corrected chi connectivity index (χ3v) is 9.03. The second-order valence-corrected chi connectivity index (χ2v) is 12.4. The lowest BCUT2D eigenvalue weighted by Gasteiger charge is -2.33. The number of likely N-dealkylation sites (N-methyl/N-ethyl adjacent to an activating group) is 1. The van der Waals surface area contributed by atoms with Crippen LogP contribution in [0.3, 0.4) is 0 Å². The van der Waals surface area contributed by atoms with Gasteiger partial charge in [0.1, 0.15) is 12.6 Å². The highest BCUT2D eigenvalue weighted by Crippen LogP contribution is 2.26. The first kappa shape index (κ1) is 30.0. The fourth-order valence-corrected chi connectivity index (χ4v) is 6.17. The number of nitrogens with one attached hydrogen (secondary N) is 1. The van der Waals surface area contributed by atoms with E-state index in [9.17, 15) is 18.0 Å². The maximum Gasteiger partial charge on any atom is 0.264 e. The molecule has 0 aromatic heterocycles. The van der Waals surface area contributed by atoms with Gasteiger partial charge in [0.05, 0.1) is 10.6 Å². The molecule has 1 atom stereocenters. The summed E-state index contributed by atoms with van der Waals surface area (Å²) in [6.07, 6.45) is 0.266. The summed E-state index contributed by atoms with van der Waals surface area (Å²) in [7, 11) is -2.58. The number of carbonyl (C=O) groups excluding carboxylic acids is 2. The number of sulfonamides is 1. The van der Waals surface area contributed by atoms with Crippen molar-refractivity contribution in [3.8, 4) is 0 Å². The summed E-state index contributed by atoms with van der Waals surface area (Å²) < 4.78 is 29.6. The molecule has 4 aromatic rings. The van der Waals surface area contributed by atoms with Crippen molar-refractivity contribution in [2.45, 2.75) is 30.8 Å². The van der Waals surface area contributed by atoms with E-state index in [-0.39, 0.29) is 23.8 Å². The van der Waals surface area contributed by atoms with Crippen LogP contribution in [0.4, 0.5) is 5.69 Å². The van der Waals surface area contributed by atoms with E-state index in [4.69, 9.17) is 0 Å². The van der Waals surface area contributed by atoms with E-state index >= 15 is 0 Å². The van der Waals surface area contributed by atoms with E-state index in [1.165, 1.54) is 24.1 Å². The highest BCUT2D eigenvalue weighted by atomic mass is 79.9. The van der Waals surface area contributed by atoms with Crippen LogP contribution in [0.5, 0.6) is 0 Å². The summed E-state index contributed by atoms with van der Waals surface area (Å²) in [5.41, 5.74) is 3.10. The van der Waals surface area contributed by atoms with Gasteiger partial charge in [0.25, 0.3) is 10.0 Å². The van der Waals surface area contributed by atoms with E-state index in [2.05, 4.69) is 21.2 Å². The molecule has 1 N–H and O–H groups in total. The predicted molar refractivity (Wildman–Crippen MR) is 165 cm³/mol. The molecule has 0 aliphatic heterocycles. The predicted octanol–water partition coefficient (Wildman–Crippen LogP) is 5.34. The summed E-state index contributed by atoms with van der Waals surface area (Å²) >= 11 is 3.39. The summed E-state index contributed by atoms with van der Waals surface area (Å²) in [5.74, 6) is -0.840. The fourth-order valence-electron chi connectivity index (χ4n) is 4.47. The zero-order valence-electron chi connectivity index (χ0n) is 22.9. The van der Waals surface area contributed by atoms with Crippen molar-refractivity contribution >= 4 is 43.5 Å². The van der Waals surface area contributed by atoms with Crippen molar-refractivity contribution in [1.29, 1.82) is 0 Å². The molecule has 0 saturated heterocycles. The van der Waals surface area contributed by atoms with Gasteiger partial charge in [-0.05, 0) is 54.4 Å². The second-order valence-electron chi connectivity index (χ2n) is 9.63. The van der Waals surface area contributed by atoms with E-state index in [0.29, 0.717) is 5.69 Å². The second kappa shape index (κ2) is 13.6. The topological polar surface area (TPSA) is 86.8 Å². The molecule has 212 valence electrons. The number of benzene rings is 4. The largest absolute Gasteiger partial charge is 0.357 e. The van der Waals surface area contributed by atoms with Crippen LogP contribution in [0, 0.1) is 6.92 Å². The Balaban J connectivity index is 1.77. The van der Waals surface area contributed by atoms with Gasteiger partial charge in [-0.3, -0.25) is 13.9 Å². The Morgan fingerprint density at radius 2 is 1.39 bits per heavy atom. The Bertz CT molecular complexity index is 1560. The zero-order valence-corrected chi connectivity index (χ0v) is 25.3. The fraction of sp³-hybridized carbons (Fsp3) is 0.188. The number of carbonyl (C=O) groups is 2. The molecular formula is C32H32BrN3O4S. The van der Waals surface area contributed by atoms with E-state index in [0.717, 1.165) is 25.5 Å². The van der Waals surface area contributed by atoms with Gasteiger partial charge < -0.3 is 10.2 Å². The van der Waals surface area contributed by atoms with Gasteiger partial charge >= 0.3 is 0 Å². The van der Waals surface area contributed by atoms with Crippen molar-refractivity contribution in [3.63, 3.8) is 0 Å². The van der Waals surface area contributed by atoms with Gasteiger partial charge in [0.15, 0.2) is 0 Å². The molecule has 0 radical (unpaired) electrons. The molecule has 0 fully saturated rings. The van der Waals surface area contributed by atoms with Gasteiger partial charge in [-0.2, -0.15) is 0 Å². The normalized spacial score (nSPS) is 11.9. The number of halogens is 1. The Labute approximate surface area is 250 Å². The number of hydrogen-bond acceptors (Lipinski definition) is 4. The molecule has 4 rings (SSSR count). The van der Waals surface area contributed by atoms with Crippen molar-refractivity contribution in [3.05, 3.63) is 130 Å². The highest BCUT2D eigenvalue weighted by Gasteiger charge is 2.34. The third-order valence-electron chi connectivity index (χ3n) is 6.72. The average molecular weight is 635 g/mol. The molecule has 2 amide bonds. The van der Waals surface area contributed by atoms with E-state index in [1.807, 2.05) is 61.5 Å². The Morgan fingerprint density at radius 1 is 0.805 bits per heavy atom. The SMILES string of the molecule is CNC(=O)C(Cc1ccccc1)N(Cc1ccc(C)cc1)C(=O)CN(c1ccc(Br)cc1)S(=O)(=O)c1ccccc1. The molecule has 1 unspecified atom stereocenters. The molecule has 0 aliphatic carbocycles. The summed E-state index contributed by atoms with van der Waals surface area (Å²) in [6.45, 7) is 1.61. The van der Waals surface area contributed by atoms with Crippen LogP contribution in [0.15, 0.2) is 119 Å². The van der Waals surface area contributed by atoms with Crippen molar-refractivity contribution in [2.24, 2.45) is 0 Å². The van der Waals surface area contributed by atoms with Crippen molar-refractivity contribution in [2.75, 3.05) is 17.9 Å². The maximum atomic E-state index is 14.2. The summed E-state index contributed by atoms with van der Waals surface area (Å²) in [6, 6.07) is 31.0. The van der Waals surface area contributed by atoms with Crippen LogP contribution < -0.4 is 9.62 Å². The molecule has 9 heteroatoms. The van der Waals surface area contributed by atoms with Crippen molar-refractivity contribution in [1.82, 2.24) is 10.2 Å². The maximum absolute atomic E-state index is 14.2. The molecular weight excluding hydrogens is 602 g/mol. The van der Waals surface area contributed by atoms with Crippen LogP contribution in [0.25, 0.3) is 0 Å². The minimum Gasteiger partial charge on any atom is -0.357 e. The first-order valence-electron chi connectivity index (χ1n) is 13.1. The first-order chi connectivity index (χ1) is 19.7. The van der Waals surface area contributed by atoms with Gasteiger partial charge in [0, 0.05) is 24.5 Å².